The predicted octanol–water partition coefficient (Wildman–Crippen LogP) is 7.61. The number of ether oxygens (including phenoxy) is 1. The van der Waals surface area contributed by atoms with Crippen LogP contribution in [0.2, 0.25) is 0 Å². The van der Waals surface area contributed by atoms with Gasteiger partial charge in [-0.05, 0) is 128 Å². The molecule has 0 N–H and O–H groups in total. The van der Waals surface area contributed by atoms with Crippen LogP contribution in [0.15, 0.2) is 84.9 Å². The highest BCUT2D eigenvalue weighted by Gasteiger charge is 2.43. The Kier molecular flexibility index (Phi) is 5.28. The summed E-state index contributed by atoms with van der Waals surface area (Å²) in [6.07, 6.45) is 0. The zero-order valence-electron chi connectivity index (χ0n) is 23.5. The Bertz CT molecular complexity index is 1800. The van der Waals surface area contributed by atoms with Crippen molar-refractivity contribution in [1.82, 2.24) is 0 Å². The predicted molar refractivity (Wildman–Crippen MR) is 166 cm³/mol. The third-order valence-corrected chi connectivity index (χ3v) is 8.30. The van der Waals surface area contributed by atoms with Gasteiger partial charge in [-0.3, -0.25) is 0 Å². The molecule has 0 aliphatic carbocycles. The lowest BCUT2D eigenvalue weighted by Gasteiger charge is -2.41. The molecule has 5 aromatic rings. The van der Waals surface area contributed by atoms with Crippen LogP contribution in [0.5, 0.6) is 11.5 Å². The van der Waals surface area contributed by atoms with Crippen LogP contribution >= 0.6 is 0 Å². The van der Waals surface area contributed by atoms with Crippen molar-refractivity contribution in [3.63, 3.8) is 0 Å². The standard InChI is InChI=1S/C36H32BNO/c1-21-11-12-29(25(5)14-21)27-19-32-36-34(20-27)39-33-10-8-7-9-30(33)37(36)35-26(6)15-24(4)18-31(35)38(32)28-16-22(2)13-23(3)17-28/h7-20H,1-6H3. The molecule has 2 aliphatic heterocycles. The third kappa shape index (κ3) is 3.71. The first-order valence-corrected chi connectivity index (χ1v) is 13.8. The number of aryl methyl sites for hydroxylation is 6. The van der Waals surface area contributed by atoms with E-state index in [1.807, 2.05) is 0 Å². The van der Waals surface area contributed by atoms with Gasteiger partial charge in [-0.1, -0.05) is 59.7 Å². The van der Waals surface area contributed by atoms with Gasteiger partial charge in [0.05, 0.1) is 0 Å². The molecule has 2 nitrogen and oxygen atoms in total. The van der Waals surface area contributed by atoms with E-state index < -0.39 is 0 Å². The first-order valence-electron chi connectivity index (χ1n) is 13.8. The van der Waals surface area contributed by atoms with Gasteiger partial charge in [-0.15, -0.1) is 0 Å². The topological polar surface area (TPSA) is 12.5 Å². The van der Waals surface area contributed by atoms with Crippen molar-refractivity contribution in [2.45, 2.75) is 41.5 Å². The second-order valence-electron chi connectivity index (χ2n) is 11.5. The smallest absolute Gasteiger partial charge is 0.256 e. The minimum absolute atomic E-state index is 0.117. The Morgan fingerprint density at radius 1 is 0.564 bits per heavy atom. The molecule has 0 saturated heterocycles. The summed E-state index contributed by atoms with van der Waals surface area (Å²) >= 11 is 0. The van der Waals surface area contributed by atoms with Gasteiger partial charge in [0.15, 0.2) is 0 Å². The molecule has 0 unspecified atom stereocenters. The number of rotatable bonds is 2. The molecule has 7 rings (SSSR count). The number of para-hydroxylation sites is 1. The molecule has 0 bridgehead atoms. The van der Waals surface area contributed by atoms with Crippen molar-refractivity contribution >= 4 is 40.2 Å². The monoisotopic (exact) mass is 505 g/mol. The van der Waals surface area contributed by atoms with Crippen molar-refractivity contribution in [3.05, 3.63) is 118 Å². The normalized spacial score (nSPS) is 13.0. The second-order valence-corrected chi connectivity index (χ2v) is 11.5. The van der Waals surface area contributed by atoms with Crippen LogP contribution in [0, 0.1) is 41.5 Å². The summed E-state index contributed by atoms with van der Waals surface area (Å²) in [5.41, 5.74) is 17.6. The third-order valence-electron chi connectivity index (χ3n) is 8.30. The number of anilines is 3. The summed E-state index contributed by atoms with van der Waals surface area (Å²) in [6.45, 7) is 13.3. The lowest BCUT2D eigenvalue weighted by atomic mass is 9.33. The molecule has 190 valence electrons. The van der Waals surface area contributed by atoms with Crippen LogP contribution in [-0.4, -0.2) is 6.71 Å². The van der Waals surface area contributed by atoms with E-state index in [-0.39, 0.29) is 6.71 Å². The molecule has 2 aliphatic rings. The van der Waals surface area contributed by atoms with E-state index in [0.717, 1.165) is 11.5 Å². The molecule has 0 aromatic heterocycles. The summed E-state index contributed by atoms with van der Waals surface area (Å²) in [6, 6.07) is 31.5. The fourth-order valence-electron chi connectivity index (χ4n) is 6.85. The van der Waals surface area contributed by atoms with Crippen molar-refractivity contribution in [3.8, 4) is 22.6 Å². The van der Waals surface area contributed by atoms with Crippen molar-refractivity contribution in [2.24, 2.45) is 0 Å². The Labute approximate surface area is 232 Å². The summed E-state index contributed by atoms with van der Waals surface area (Å²) < 4.78 is 6.73. The number of benzene rings is 5. The zero-order valence-corrected chi connectivity index (χ0v) is 23.5. The second kappa shape index (κ2) is 8.64. The molecular weight excluding hydrogens is 473 g/mol. The largest absolute Gasteiger partial charge is 0.458 e. The first kappa shape index (κ1) is 23.9. The highest BCUT2D eigenvalue weighted by Crippen LogP contribution is 2.44. The van der Waals surface area contributed by atoms with Crippen molar-refractivity contribution in [1.29, 1.82) is 0 Å². The summed E-state index contributed by atoms with van der Waals surface area (Å²) in [5, 5.41) is 0. The summed E-state index contributed by atoms with van der Waals surface area (Å²) in [4.78, 5) is 2.48. The van der Waals surface area contributed by atoms with Gasteiger partial charge in [0, 0.05) is 17.1 Å². The minimum Gasteiger partial charge on any atom is -0.458 e. The van der Waals surface area contributed by atoms with Crippen molar-refractivity contribution in [2.75, 3.05) is 4.90 Å². The number of hydrogen-bond acceptors (Lipinski definition) is 2. The fourth-order valence-corrected chi connectivity index (χ4v) is 6.85. The Morgan fingerprint density at radius 3 is 2.03 bits per heavy atom. The molecule has 2 heterocycles. The van der Waals surface area contributed by atoms with E-state index in [1.165, 1.54) is 78.0 Å². The molecule has 0 amide bonds. The van der Waals surface area contributed by atoms with E-state index in [9.17, 15) is 0 Å². The van der Waals surface area contributed by atoms with Crippen LogP contribution in [0.4, 0.5) is 17.1 Å². The molecule has 3 heteroatoms. The molecule has 0 fully saturated rings. The van der Waals surface area contributed by atoms with E-state index in [1.54, 1.807) is 0 Å². The van der Waals surface area contributed by atoms with Gasteiger partial charge >= 0.3 is 0 Å². The SMILES string of the molecule is Cc1cc(C)cc(N2c3cc(C)cc(C)c3B3c4ccccc4Oc4cc(-c5ccc(C)cc5C)cc2c43)c1. The van der Waals surface area contributed by atoms with Gasteiger partial charge in [0.1, 0.15) is 11.5 Å². The van der Waals surface area contributed by atoms with Gasteiger partial charge in [-0.2, -0.15) is 0 Å². The van der Waals surface area contributed by atoms with E-state index in [4.69, 9.17) is 4.74 Å². The molecular formula is C36H32BNO. The molecule has 0 spiro atoms. The summed E-state index contributed by atoms with van der Waals surface area (Å²) in [7, 11) is 0. The maximum Gasteiger partial charge on any atom is 0.256 e. The number of nitrogens with zero attached hydrogens (tertiary/aromatic N) is 1. The zero-order chi connectivity index (χ0) is 27.0. The molecule has 0 radical (unpaired) electrons. The lowest BCUT2D eigenvalue weighted by Crippen LogP contribution is -2.60. The van der Waals surface area contributed by atoms with Gasteiger partial charge in [-0.25, -0.2) is 0 Å². The highest BCUT2D eigenvalue weighted by atomic mass is 16.5. The maximum atomic E-state index is 6.73. The Hall–Kier alpha value is -4.24. The van der Waals surface area contributed by atoms with Crippen LogP contribution in [0.3, 0.4) is 0 Å². The average Bonchev–Trinajstić information content (AvgIpc) is 2.87. The average molecular weight is 505 g/mol. The lowest BCUT2D eigenvalue weighted by molar-refractivity contribution is 0.487. The number of fused-ring (bicyclic) bond motifs is 4. The van der Waals surface area contributed by atoms with Crippen LogP contribution in [0.25, 0.3) is 11.1 Å². The van der Waals surface area contributed by atoms with Gasteiger partial charge in [0.2, 0.25) is 0 Å². The van der Waals surface area contributed by atoms with Crippen LogP contribution in [0.1, 0.15) is 33.4 Å². The fraction of sp³-hybridized carbons (Fsp3) is 0.167. The molecule has 39 heavy (non-hydrogen) atoms. The Morgan fingerprint density at radius 2 is 1.26 bits per heavy atom. The quantitative estimate of drug-likeness (QED) is 0.224. The molecule has 5 aromatic carbocycles. The van der Waals surface area contributed by atoms with E-state index in [2.05, 4.69) is 131 Å². The Balaban J connectivity index is 1.61. The minimum atomic E-state index is 0.117. The van der Waals surface area contributed by atoms with Gasteiger partial charge < -0.3 is 9.64 Å². The molecule has 0 atom stereocenters. The first-order chi connectivity index (χ1) is 18.8. The van der Waals surface area contributed by atoms with E-state index in [0.29, 0.717) is 0 Å². The number of hydrogen-bond donors (Lipinski definition) is 0. The highest BCUT2D eigenvalue weighted by molar-refractivity contribution is 6.99. The maximum absolute atomic E-state index is 6.73. The van der Waals surface area contributed by atoms with E-state index >= 15 is 0 Å². The van der Waals surface area contributed by atoms with Gasteiger partial charge in [0.25, 0.3) is 6.71 Å². The summed E-state index contributed by atoms with van der Waals surface area (Å²) in [5.74, 6) is 1.90. The van der Waals surface area contributed by atoms with Crippen molar-refractivity contribution < 1.29 is 4.74 Å². The van der Waals surface area contributed by atoms with Crippen LogP contribution < -0.4 is 26.0 Å². The molecule has 0 saturated carbocycles. The van der Waals surface area contributed by atoms with Crippen LogP contribution in [-0.2, 0) is 0 Å².